The van der Waals surface area contributed by atoms with Crippen LogP contribution >= 0.6 is 0 Å². The molecule has 0 bridgehead atoms. The fourth-order valence-electron chi connectivity index (χ4n) is 2.53. The Kier molecular flexibility index (Phi) is 5.91. The van der Waals surface area contributed by atoms with Crippen molar-refractivity contribution < 1.29 is 14.4 Å². The van der Waals surface area contributed by atoms with Crippen LogP contribution in [0.5, 0.6) is 0 Å². The van der Waals surface area contributed by atoms with Gasteiger partial charge in [0.1, 0.15) is 0 Å². The van der Waals surface area contributed by atoms with E-state index in [4.69, 9.17) is 0 Å². The SMILES string of the molecule is C=CC(=O)NCC(=O)N1CCCC(C(=O)Nc2ccccc2)C1. The third-order valence-electron chi connectivity index (χ3n) is 3.79. The highest BCUT2D eigenvalue weighted by Gasteiger charge is 2.28. The number of anilines is 1. The maximum absolute atomic E-state index is 12.3. The van der Waals surface area contributed by atoms with Gasteiger partial charge in [-0.2, -0.15) is 0 Å². The van der Waals surface area contributed by atoms with Crippen LogP contribution in [0.3, 0.4) is 0 Å². The number of nitrogens with zero attached hydrogens (tertiary/aromatic N) is 1. The van der Waals surface area contributed by atoms with Gasteiger partial charge in [0.05, 0.1) is 12.5 Å². The number of likely N-dealkylation sites (tertiary alicyclic amines) is 1. The van der Waals surface area contributed by atoms with Crippen molar-refractivity contribution in [3.8, 4) is 0 Å². The van der Waals surface area contributed by atoms with Gasteiger partial charge < -0.3 is 15.5 Å². The zero-order chi connectivity index (χ0) is 16.7. The minimum absolute atomic E-state index is 0.0715. The molecule has 0 aliphatic carbocycles. The predicted octanol–water partition coefficient (Wildman–Crippen LogP) is 1.17. The molecule has 1 saturated heterocycles. The summed E-state index contributed by atoms with van der Waals surface area (Å²) in [7, 11) is 0. The number of hydrogen-bond acceptors (Lipinski definition) is 3. The van der Waals surface area contributed by atoms with E-state index in [0.717, 1.165) is 24.6 Å². The fraction of sp³-hybridized carbons (Fsp3) is 0.353. The second-order valence-electron chi connectivity index (χ2n) is 5.46. The van der Waals surface area contributed by atoms with Gasteiger partial charge >= 0.3 is 0 Å². The highest BCUT2D eigenvalue weighted by Crippen LogP contribution is 2.18. The van der Waals surface area contributed by atoms with Crippen LogP contribution in [0.1, 0.15) is 12.8 Å². The van der Waals surface area contributed by atoms with Crippen LogP contribution in [0.25, 0.3) is 0 Å². The van der Waals surface area contributed by atoms with Gasteiger partial charge in [-0.1, -0.05) is 24.8 Å². The van der Waals surface area contributed by atoms with Crippen molar-refractivity contribution >= 4 is 23.4 Å². The van der Waals surface area contributed by atoms with Gasteiger partial charge in [0.15, 0.2) is 0 Å². The number of amides is 3. The van der Waals surface area contributed by atoms with E-state index in [1.807, 2.05) is 30.3 Å². The second kappa shape index (κ2) is 8.12. The van der Waals surface area contributed by atoms with Crippen molar-refractivity contribution in [3.05, 3.63) is 43.0 Å². The highest BCUT2D eigenvalue weighted by atomic mass is 16.2. The van der Waals surface area contributed by atoms with Crippen molar-refractivity contribution in [1.82, 2.24) is 10.2 Å². The molecule has 122 valence electrons. The van der Waals surface area contributed by atoms with Gasteiger partial charge in [0.2, 0.25) is 17.7 Å². The summed E-state index contributed by atoms with van der Waals surface area (Å²) < 4.78 is 0. The summed E-state index contributed by atoms with van der Waals surface area (Å²) >= 11 is 0. The molecule has 3 amide bonds. The smallest absolute Gasteiger partial charge is 0.243 e. The Morgan fingerprint density at radius 2 is 2.00 bits per heavy atom. The third-order valence-corrected chi connectivity index (χ3v) is 3.79. The largest absolute Gasteiger partial charge is 0.343 e. The lowest BCUT2D eigenvalue weighted by Crippen LogP contribution is -2.47. The van der Waals surface area contributed by atoms with Gasteiger partial charge in [-0.05, 0) is 31.1 Å². The summed E-state index contributed by atoms with van der Waals surface area (Å²) in [6.45, 7) is 4.25. The molecule has 1 heterocycles. The molecule has 23 heavy (non-hydrogen) atoms. The van der Waals surface area contributed by atoms with Crippen LogP contribution < -0.4 is 10.6 Å². The second-order valence-corrected chi connectivity index (χ2v) is 5.46. The third kappa shape index (κ3) is 4.95. The van der Waals surface area contributed by atoms with Crippen LogP contribution in [0.15, 0.2) is 43.0 Å². The Bertz CT molecular complexity index is 586. The molecule has 1 aromatic rings. The van der Waals surface area contributed by atoms with Crippen molar-refractivity contribution in [2.45, 2.75) is 12.8 Å². The average molecular weight is 315 g/mol. The number of rotatable bonds is 5. The topological polar surface area (TPSA) is 78.5 Å². The van der Waals surface area contributed by atoms with E-state index in [0.29, 0.717) is 13.1 Å². The fourth-order valence-corrected chi connectivity index (χ4v) is 2.53. The van der Waals surface area contributed by atoms with E-state index in [2.05, 4.69) is 17.2 Å². The van der Waals surface area contributed by atoms with E-state index in [-0.39, 0.29) is 30.2 Å². The van der Waals surface area contributed by atoms with Crippen LogP contribution in [0, 0.1) is 5.92 Å². The van der Waals surface area contributed by atoms with Gasteiger partial charge in [0.25, 0.3) is 0 Å². The Labute approximate surface area is 135 Å². The molecular formula is C17H21N3O3. The summed E-state index contributed by atoms with van der Waals surface area (Å²) in [5, 5.41) is 5.34. The molecule has 0 radical (unpaired) electrons. The standard InChI is InChI=1S/C17H21N3O3/c1-2-15(21)18-11-16(22)20-10-6-7-13(12-20)17(23)19-14-8-4-3-5-9-14/h2-5,8-9,13H,1,6-7,10-12H2,(H,18,21)(H,19,23). The number of piperidine rings is 1. The maximum Gasteiger partial charge on any atom is 0.243 e. The van der Waals surface area contributed by atoms with Gasteiger partial charge in [0, 0.05) is 18.8 Å². The molecule has 1 unspecified atom stereocenters. The molecule has 0 aromatic heterocycles. The number of nitrogens with one attached hydrogen (secondary N) is 2. The van der Waals surface area contributed by atoms with E-state index in [1.165, 1.54) is 0 Å². The van der Waals surface area contributed by atoms with Crippen molar-refractivity contribution in [1.29, 1.82) is 0 Å². The Hall–Kier alpha value is -2.63. The van der Waals surface area contributed by atoms with Crippen LogP contribution in [-0.4, -0.2) is 42.3 Å². The highest BCUT2D eigenvalue weighted by molar-refractivity contribution is 5.93. The van der Waals surface area contributed by atoms with Crippen LogP contribution in [-0.2, 0) is 14.4 Å². The quantitative estimate of drug-likeness (QED) is 0.801. The van der Waals surface area contributed by atoms with E-state index >= 15 is 0 Å². The monoisotopic (exact) mass is 315 g/mol. The number of carbonyl (C=O) groups is 3. The summed E-state index contributed by atoms with van der Waals surface area (Å²) in [6.07, 6.45) is 2.65. The summed E-state index contributed by atoms with van der Waals surface area (Å²) in [5.74, 6) is -0.877. The minimum atomic E-state index is -0.381. The van der Waals surface area contributed by atoms with Crippen molar-refractivity contribution in [3.63, 3.8) is 0 Å². The molecule has 1 aromatic carbocycles. The van der Waals surface area contributed by atoms with E-state index in [1.54, 1.807) is 4.90 Å². The van der Waals surface area contributed by atoms with Gasteiger partial charge in [-0.15, -0.1) is 0 Å². The maximum atomic E-state index is 12.3. The van der Waals surface area contributed by atoms with Crippen LogP contribution in [0.2, 0.25) is 0 Å². The summed E-state index contributed by atoms with van der Waals surface area (Å²) in [5.41, 5.74) is 0.749. The van der Waals surface area contributed by atoms with Crippen molar-refractivity contribution in [2.24, 2.45) is 5.92 Å². The first-order chi connectivity index (χ1) is 11.1. The predicted molar refractivity (Wildman–Crippen MR) is 87.6 cm³/mol. The first-order valence-electron chi connectivity index (χ1n) is 7.64. The molecule has 0 saturated carbocycles. The number of benzene rings is 1. The molecule has 1 atom stereocenters. The summed E-state index contributed by atoms with van der Waals surface area (Å²) in [4.78, 5) is 37.1. The molecule has 1 aliphatic heterocycles. The van der Waals surface area contributed by atoms with Gasteiger partial charge in [-0.3, -0.25) is 14.4 Å². The lowest BCUT2D eigenvalue weighted by Gasteiger charge is -2.32. The number of carbonyl (C=O) groups excluding carboxylic acids is 3. The Balaban J connectivity index is 1.87. The average Bonchev–Trinajstić information content (AvgIpc) is 2.60. The molecule has 2 N–H and O–H groups in total. The molecule has 6 heteroatoms. The van der Waals surface area contributed by atoms with E-state index in [9.17, 15) is 14.4 Å². The normalized spacial score (nSPS) is 17.2. The molecule has 6 nitrogen and oxygen atoms in total. The van der Waals surface area contributed by atoms with Crippen LogP contribution in [0.4, 0.5) is 5.69 Å². The molecule has 0 spiro atoms. The minimum Gasteiger partial charge on any atom is -0.343 e. The molecular weight excluding hydrogens is 294 g/mol. The number of hydrogen-bond donors (Lipinski definition) is 2. The van der Waals surface area contributed by atoms with E-state index < -0.39 is 0 Å². The lowest BCUT2D eigenvalue weighted by atomic mass is 9.97. The first-order valence-corrected chi connectivity index (χ1v) is 7.64. The lowest BCUT2D eigenvalue weighted by molar-refractivity contribution is -0.135. The first kappa shape index (κ1) is 16.7. The number of para-hydroxylation sites is 1. The summed E-state index contributed by atoms with van der Waals surface area (Å²) in [6, 6.07) is 9.25. The zero-order valence-corrected chi connectivity index (χ0v) is 13.0. The Morgan fingerprint density at radius 1 is 1.26 bits per heavy atom. The van der Waals surface area contributed by atoms with Gasteiger partial charge in [-0.25, -0.2) is 0 Å². The molecule has 2 rings (SSSR count). The van der Waals surface area contributed by atoms with Crippen molar-refractivity contribution in [2.75, 3.05) is 25.0 Å². The molecule has 1 aliphatic rings. The molecule has 1 fully saturated rings. The Morgan fingerprint density at radius 3 is 2.70 bits per heavy atom. The zero-order valence-electron chi connectivity index (χ0n) is 13.0.